The van der Waals surface area contributed by atoms with Gasteiger partial charge in [0.05, 0.1) is 29.7 Å². The van der Waals surface area contributed by atoms with Gasteiger partial charge in [0.25, 0.3) is 5.91 Å². The lowest BCUT2D eigenvalue weighted by Gasteiger charge is -2.08. The van der Waals surface area contributed by atoms with E-state index in [0.717, 1.165) is 21.4 Å². The molecule has 0 saturated carbocycles. The predicted octanol–water partition coefficient (Wildman–Crippen LogP) is 4.74. The van der Waals surface area contributed by atoms with Crippen LogP contribution in [0.25, 0.3) is 5.69 Å². The third-order valence-electron chi connectivity index (χ3n) is 4.52. The first-order chi connectivity index (χ1) is 14.5. The predicted molar refractivity (Wildman–Crippen MR) is 119 cm³/mol. The fraction of sp³-hybridized carbons (Fsp3) is 0.143. The Bertz CT molecular complexity index is 1180. The topological polar surface area (TPSA) is 77.6 Å². The van der Waals surface area contributed by atoms with Crippen LogP contribution in [0.3, 0.4) is 0 Å². The minimum atomic E-state index is -0.304. The monoisotopic (exact) mass is 484 g/mol. The van der Waals surface area contributed by atoms with Crippen LogP contribution in [0.4, 0.5) is 5.95 Å². The van der Waals surface area contributed by atoms with Gasteiger partial charge in [0.2, 0.25) is 5.95 Å². The number of nitrogens with zero attached hydrogens (tertiary/aromatic N) is 5. The minimum absolute atomic E-state index is 0.245. The lowest BCUT2D eigenvalue weighted by molar-refractivity contribution is 0.102. The maximum Gasteiger partial charge on any atom is 0.261 e. The maximum absolute atomic E-state index is 12.8. The second-order valence-corrected chi connectivity index (χ2v) is 7.95. The van der Waals surface area contributed by atoms with Crippen molar-refractivity contribution in [1.82, 2.24) is 24.5 Å². The summed E-state index contributed by atoms with van der Waals surface area (Å²) in [5, 5.41) is 12.1. The number of benzene rings is 2. The first kappa shape index (κ1) is 20.3. The Morgan fingerprint density at radius 2 is 2.00 bits per heavy atom. The van der Waals surface area contributed by atoms with Crippen LogP contribution in [-0.4, -0.2) is 30.5 Å². The molecular formula is C21H18BrClN6O. The molecule has 0 radical (unpaired) electrons. The van der Waals surface area contributed by atoms with Crippen LogP contribution >= 0.6 is 27.5 Å². The highest BCUT2D eigenvalue weighted by Gasteiger charge is 2.18. The fourth-order valence-corrected chi connectivity index (χ4v) is 3.56. The van der Waals surface area contributed by atoms with Crippen LogP contribution in [0.2, 0.25) is 5.02 Å². The van der Waals surface area contributed by atoms with Crippen molar-refractivity contribution in [3.63, 3.8) is 0 Å². The number of hydrogen-bond acceptors (Lipinski definition) is 4. The molecule has 2 aromatic heterocycles. The minimum Gasteiger partial charge on any atom is -0.289 e. The van der Waals surface area contributed by atoms with E-state index < -0.39 is 0 Å². The number of hydrogen-bond donors (Lipinski definition) is 1. The molecule has 0 fully saturated rings. The van der Waals surface area contributed by atoms with E-state index >= 15 is 0 Å². The Morgan fingerprint density at radius 1 is 1.20 bits per heavy atom. The zero-order chi connectivity index (χ0) is 21.1. The molecule has 9 heteroatoms. The van der Waals surface area contributed by atoms with Gasteiger partial charge < -0.3 is 0 Å². The molecule has 4 aromatic rings. The smallest absolute Gasteiger partial charge is 0.261 e. The van der Waals surface area contributed by atoms with E-state index in [9.17, 15) is 4.79 Å². The Labute approximate surface area is 186 Å². The number of carbonyl (C=O) groups is 1. The summed E-state index contributed by atoms with van der Waals surface area (Å²) in [7, 11) is 0. The normalized spacial score (nSPS) is 10.9. The number of halogens is 2. The molecule has 0 bridgehead atoms. The molecule has 1 N–H and O–H groups in total. The number of rotatable bonds is 6. The molecule has 2 heterocycles. The Morgan fingerprint density at radius 3 is 2.73 bits per heavy atom. The van der Waals surface area contributed by atoms with Gasteiger partial charge in [-0.2, -0.15) is 5.10 Å². The van der Waals surface area contributed by atoms with E-state index in [-0.39, 0.29) is 11.9 Å². The van der Waals surface area contributed by atoms with E-state index in [1.165, 1.54) is 0 Å². The van der Waals surface area contributed by atoms with Crippen molar-refractivity contribution in [2.24, 2.45) is 0 Å². The van der Waals surface area contributed by atoms with Gasteiger partial charge in [-0.15, -0.1) is 5.10 Å². The number of anilines is 1. The highest BCUT2D eigenvalue weighted by atomic mass is 79.9. The highest BCUT2D eigenvalue weighted by Crippen LogP contribution is 2.20. The summed E-state index contributed by atoms with van der Waals surface area (Å²) in [5.41, 5.74) is 3.14. The molecule has 0 aliphatic rings. The van der Waals surface area contributed by atoms with Gasteiger partial charge in [0.15, 0.2) is 0 Å². The van der Waals surface area contributed by atoms with Crippen LogP contribution in [0.1, 0.15) is 28.5 Å². The summed E-state index contributed by atoms with van der Waals surface area (Å²) >= 11 is 9.51. The molecule has 2 aromatic carbocycles. The second-order valence-electron chi connectivity index (χ2n) is 6.60. The van der Waals surface area contributed by atoms with Gasteiger partial charge in [-0.25, -0.2) is 14.3 Å². The quantitative estimate of drug-likeness (QED) is 0.428. The van der Waals surface area contributed by atoms with Crippen molar-refractivity contribution in [2.75, 3.05) is 5.32 Å². The molecule has 0 unspecified atom stereocenters. The molecule has 4 rings (SSSR count). The van der Waals surface area contributed by atoms with Crippen molar-refractivity contribution in [2.45, 2.75) is 19.9 Å². The van der Waals surface area contributed by atoms with Gasteiger partial charge in [-0.3, -0.25) is 10.1 Å². The van der Waals surface area contributed by atoms with Crippen molar-refractivity contribution in [3.05, 3.63) is 87.4 Å². The van der Waals surface area contributed by atoms with E-state index in [4.69, 9.17) is 11.6 Å². The van der Waals surface area contributed by atoms with Crippen molar-refractivity contribution in [3.8, 4) is 5.69 Å². The van der Waals surface area contributed by atoms with E-state index in [0.29, 0.717) is 23.6 Å². The van der Waals surface area contributed by atoms with E-state index in [2.05, 4.69) is 36.4 Å². The third kappa shape index (κ3) is 4.44. The maximum atomic E-state index is 12.8. The van der Waals surface area contributed by atoms with Crippen LogP contribution in [-0.2, 0) is 13.0 Å². The largest absolute Gasteiger partial charge is 0.289 e. The number of aromatic nitrogens is 5. The summed E-state index contributed by atoms with van der Waals surface area (Å²) in [4.78, 5) is 17.0. The fourth-order valence-electron chi connectivity index (χ4n) is 3.11. The summed E-state index contributed by atoms with van der Waals surface area (Å²) in [6.45, 7) is 2.53. The van der Waals surface area contributed by atoms with Gasteiger partial charge in [-0.05, 0) is 42.3 Å². The molecule has 0 aliphatic carbocycles. The average Bonchev–Trinajstić information content (AvgIpc) is 3.36. The zero-order valence-electron chi connectivity index (χ0n) is 16.1. The highest BCUT2D eigenvalue weighted by molar-refractivity contribution is 9.10. The molecule has 0 spiro atoms. The first-order valence-electron chi connectivity index (χ1n) is 9.31. The van der Waals surface area contributed by atoms with Crippen LogP contribution in [0, 0.1) is 0 Å². The lowest BCUT2D eigenvalue weighted by Crippen LogP contribution is -2.15. The van der Waals surface area contributed by atoms with Gasteiger partial charge in [0, 0.05) is 9.50 Å². The number of nitrogens with one attached hydrogen (secondary N) is 1. The molecule has 7 nitrogen and oxygen atoms in total. The molecule has 0 saturated heterocycles. The van der Waals surface area contributed by atoms with E-state index in [1.54, 1.807) is 34.0 Å². The Balaban J connectivity index is 1.50. The zero-order valence-corrected chi connectivity index (χ0v) is 18.4. The van der Waals surface area contributed by atoms with Gasteiger partial charge in [-0.1, -0.05) is 52.7 Å². The molecular weight excluding hydrogens is 468 g/mol. The van der Waals surface area contributed by atoms with Crippen LogP contribution < -0.4 is 5.32 Å². The Hall–Kier alpha value is -2.97. The Kier molecular flexibility index (Phi) is 5.96. The number of carbonyl (C=O) groups excluding carboxylic acids is 1. The summed E-state index contributed by atoms with van der Waals surface area (Å²) in [6, 6.07) is 15.3. The SMILES string of the molecule is CCc1c(C(=O)Nc2ncn(Cc3ccc(Br)cc3)n2)cnn1-c1cccc(Cl)c1. The van der Waals surface area contributed by atoms with Crippen molar-refractivity contribution >= 4 is 39.4 Å². The molecule has 0 aliphatic heterocycles. The molecule has 152 valence electrons. The van der Waals surface area contributed by atoms with E-state index in [1.807, 2.05) is 43.3 Å². The third-order valence-corrected chi connectivity index (χ3v) is 5.28. The summed E-state index contributed by atoms with van der Waals surface area (Å²) in [5.74, 6) is -0.0591. The lowest BCUT2D eigenvalue weighted by atomic mass is 10.2. The molecule has 1 amide bonds. The summed E-state index contributed by atoms with van der Waals surface area (Å²) in [6.07, 6.45) is 3.77. The molecule has 30 heavy (non-hydrogen) atoms. The van der Waals surface area contributed by atoms with Crippen molar-refractivity contribution < 1.29 is 4.79 Å². The van der Waals surface area contributed by atoms with Gasteiger partial charge in [0.1, 0.15) is 6.33 Å². The molecule has 0 atom stereocenters. The second kappa shape index (κ2) is 8.81. The van der Waals surface area contributed by atoms with Crippen molar-refractivity contribution in [1.29, 1.82) is 0 Å². The first-order valence-corrected chi connectivity index (χ1v) is 10.5. The van der Waals surface area contributed by atoms with Gasteiger partial charge >= 0.3 is 0 Å². The van der Waals surface area contributed by atoms with Crippen LogP contribution in [0.15, 0.2) is 65.5 Å². The van der Waals surface area contributed by atoms with Crippen LogP contribution in [0.5, 0.6) is 0 Å². The average molecular weight is 486 g/mol. The summed E-state index contributed by atoms with van der Waals surface area (Å²) < 4.78 is 4.41. The number of amides is 1. The standard InChI is InChI=1S/C21H18BrClN6O/c1-2-19-18(11-25-29(19)17-5-3-4-16(23)10-17)20(30)26-21-24-13-28(27-21)12-14-6-8-15(22)9-7-14/h3-11,13H,2,12H2,1H3,(H,26,27,30).